The molecule has 1 aromatic carbocycles. The third-order valence-electron chi connectivity index (χ3n) is 2.04. The third kappa shape index (κ3) is 3.69. The number of hydrogen-bond donors (Lipinski definition) is 2. The SMILES string of the molecule is Cc1cccc(Cl)c1S(=O)(=O)CNCC(=O)O. The molecule has 0 saturated heterocycles. The monoisotopic (exact) mass is 277 g/mol. The number of benzene rings is 1. The van der Waals surface area contributed by atoms with Crippen molar-refractivity contribution in [1.29, 1.82) is 0 Å². The minimum absolute atomic E-state index is 0.0413. The Balaban J connectivity index is 2.94. The molecule has 0 atom stereocenters. The van der Waals surface area contributed by atoms with E-state index in [1.54, 1.807) is 19.1 Å². The molecule has 2 N–H and O–H groups in total. The second kappa shape index (κ2) is 5.48. The molecule has 0 unspecified atom stereocenters. The number of carbonyl (C=O) groups is 1. The minimum Gasteiger partial charge on any atom is -0.480 e. The molecule has 0 spiro atoms. The second-order valence-electron chi connectivity index (χ2n) is 3.47. The van der Waals surface area contributed by atoms with Crippen LogP contribution in [0.3, 0.4) is 0 Å². The average molecular weight is 278 g/mol. The zero-order valence-electron chi connectivity index (χ0n) is 9.10. The van der Waals surface area contributed by atoms with Gasteiger partial charge in [0.05, 0.1) is 16.5 Å². The van der Waals surface area contributed by atoms with E-state index in [2.05, 4.69) is 5.32 Å². The number of carboxylic acids is 1. The first-order chi connectivity index (χ1) is 7.84. The highest BCUT2D eigenvalue weighted by Gasteiger charge is 2.20. The molecular formula is C10H12ClNO4S. The molecule has 0 saturated carbocycles. The number of hydrogen-bond acceptors (Lipinski definition) is 4. The van der Waals surface area contributed by atoms with Gasteiger partial charge in [0.25, 0.3) is 0 Å². The van der Waals surface area contributed by atoms with Crippen molar-refractivity contribution in [2.75, 3.05) is 12.4 Å². The van der Waals surface area contributed by atoms with Gasteiger partial charge in [-0.15, -0.1) is 0 Å². The first-order valence-corrected chi connectivity index (χ1v) is 6.78. The maximum atomic E-state index is 11.9. The standard InChI is InChI=1S/C10H12ClNO4S/c1-7-3-2-4-8(11)10(7)17(15,16)6-12-5-9(13)14/h2-4,12H,5-6H2,1H3,(H,13,14). The molecule has 0 aliphatic rings. The maximum Gasteiger partial charge on any atom is 0.317 e. The van der Waals surface area contributed by atoms with Crippen molar-refractivity contribution < 1.29 is 18.3 Å². The third-order valence-corrected chi connectivity index (χ3v) is 4.22. The summed E-state index contributed by atoms with van der Waals surface area (Å²) in [6, 6.07) is 4.77. The van der Waals surface area contributed by atoms with Crippen LogP contribution >= 0.6 is 11.6 Å². The maximum absolute atomic E-state index is 11.9. The van der Waals surface area contributed by atoms with E-state index in [0.717, 1.165) is 0 Å². The van der Waals surface area contributed by atoms with E-state index in [1.807, 2.05) is 0 Å². The Morgan fingerprint density at radius 1 is 1.47 bits per heavy atom. The van der Waals surface area contributed by atoms with E-state index in [1.165, 1.54) is 6.07 Å². The topological polar surface area (TPSA) is 83.5 Å². The Bertz CT molecular complexity index is 507. The minimum atomic E-state index is -3.62. The summed E-state index contributed by atoms with van der Waals surface area (Å²) < 4.78 is 23.8. The van der Waals surface area contributed by atoms with Crippen LogP contribution in [-0.4, -0.2) is 31.9 Å². The number of halogens is 1. The fourth-order valence-corrected chi connectivity index (χ4v) is 3.39. The van der Waals surface area contributed by atoms with Gasteiger partial charge in [-0.3, -0.25) is 10.1 Å². The van der Waals surface area contributed by atoms with E-state index in [4.69, 9.17) is 16.7 Å². The Hall–Kier alpha value is -1.11. The summed E-state index contributed by atoms with van der Waals surface area (Å²) in [7, 11) is -3.62. The molecule has 0 aliphatic heterocycles. The van der Waals surface area contributed by atoms with Crippen LogP contribution in [-0.2, 0) is 14.6 Å². The zero-order valence-corrected chi connectivity index (χ0v) is 10.7. The smallest absolute Gasteiger partial charge is 0.317 e. The molecule has 1 rings (SSSR count). The number of aliphatic carboxylic acids is 1. The second-order valence-corrected chi connectivity index (χ2v) is 5.80. The van der Waals surface area contributed by atoms with E-state index < -0.39 is 28.2 Å². The lowest BCUT2D eigenvalue weighted by Crippen LogP contribution is -2.29. The van der Waals surface area contributed by atoms with Gasteiger partial charge in [-0.2, -0.15) is 0 Å². The first-order valence-electron chi connectivity index (χ1n) is 4.75. The molecule has 0 radical (unpaired) electrons. The average Bonchev–Trinajstić information content (AvgIpc) is 2.15. The molecule has 7 heteroatoms. The quantitative estimate of drug-likeness (QED) is 0.841. The predicted molar refractivity (Wildman–Crippen MR) is 63.9 cm³/mol. The summed E-state index contributed by atoms with van der Waals surface area (Å²) in [5.74, 6) is -1.57. The van der Waals surface area contributed by atoms with Crippen LogP contribution in [0.25, 0.3) is 0 Å². The summed E-state index contributed by atoms with van der Waals surface area (Å²) in [6.07, 6.45) is 0. The van der Waals surface area contributed by atoms with Gasteiger partial charge in [-0.1, -0.05) is 23.7 Å². The molecular weight excluding hydrogens is 266 g/mol. The van der Waals surface area contributed by atoms with Crippen molar-refractivity contribution in [2.24, 2.45) is 0 Å². The van der Waals surface area contributed by atoms with Crippen molar-refractivity contribution in [2.45, 2.75) is 11.8 Å². The van der Waals surface area contributed by atoms with Gasteiger partial charge < -0.3 is 5.11 Å². The van der Waals surface area contributed by atoms with Crippen LogP contribution in [0.1, 0.15) is 5.56 Å². The molecule has 94 valence electrons. The molecule has 0 bridgehead atoms. The number of carboxylic acid groups (broad SMARTS) is 1. The van der Waals surface area contributed by atoms with Crippen LogP contribution in [0.4, 0.5) is 0 Å². The van der Waals surface area contributed by atoms with E-state index in [-0.39, 0.29) is 9.92 Å². The highest BCUT2D eigenvalue weighted by atomic mass is 35.5. The van der Waals surface area contributed by atoms with Gasteiger partial charge >= 0.3 is 5.97 Å². The molecule has 0 heterocycles. The molecule has 1 aromatic rings. The Morgan fingerprint density at radius 3 is 2.65 bits per heavy atom. The van der Waals surface area contributed by atoms with Gasteiger partial charge in [0.2, 0.25) is 0 Å². The fourth-order valence-electron chi connectivity index (χ4n) is 1.37. The van der Waals surface area contributed by atoms with Gasteiger partial charge in [0.15, 0.2) is 9.84 Å². The predicted octanol–water partition coefficient (Wildman–Crippen LogP) is 1.05. The summed E-state index contributed by atoms with van der Waals surface area (Å²) in [6.45, 7) is 1.22. The van der Waals surface area contributed by atoms with E-state index in [0.29, 0.717) is 5.56 Å². The van der Waals surface area contributed by atoms with E-state index in [9.17, 15) is 13.2 Å². The lowest BCUT2D eigenvalue weighted by atomic mass is 10.2. The molecule has 0 amide bonds. The van der Waals surface area contributed by atoms with E-state index >= 15 is 0 Å². The van der Waals surface area contributed by atoms with Crippen molar-refractivity contribution in [3.8, 4) is 0 Å². The summed E-state index contributed by atoms with van der Waals surface area (Å²) in [4.78, 5) is 10.3. The van der Waals surface area contributed by atoms with Crippen LogP contribution in [0, 0.1) is 6.92 Å². The van der Waals surface area contributed by atoms with Crippen molar-refractivity contribution in [3.05, 3.63) is 28.8 Å². The summed E-state index contributed by atoms with van der Waals surface area (Å²) in [5.41, 5.74) is 0.537. The van der Waals surface area contributed by atoms with Crippen LogP contribution < -0.4 is 5.32 Å². The molecule has 0 fully saturated rings. The van der Waals surface area contributed by atoms with Crippen LogP contribution in [0.15, 0.2) is 23.1 Å². The first kappa shape index (κ1) is 14.0. The highest BCUT2D eigenvalue weighted by Crippen LogP contribution is 2.25. The summed E-state index contributed by atoms with van der Waals surface area (Å²) >= 11 is 5.83. The number of aryl methyl sites for hydroxylation is 1. The van der Waals surface area contributed by atoms with Crippen LogP contribution in [0.5, 0.6) is 0 Å². The normalized spacial score (nSPS) is 11.4. The lowest BCUT2D eigenvalue weighted by molar-refractivity contribution is -0.135. The Labute approximate surface area is 104 Å². The number of sulfone groups is 1. The molecule has 5 nitrogen and oxygen atoms in total. The Morgan fingerprint density at radius 2 is 2.12 bits per heavy atom. The van der Waals surface area contributed by atoms with Gasteiger partial charge in [-0.25, -0.2) is 8.42 Å². The van der Waals surface area contributed by atoms with Gasteiger partial charge in [0, 0.05) is 0 Å². The Kier molecular flexibility index (Phi) is 4.50. The van der Waals surface area contributed by atoms with Crippen molar-refractivity contribution in [3.63, 3.8) is 0 Å². The highest BCUT2D eigenvalue weighted by molar-refractivity contribution is 7.91. The lowest BCUT2D eigenvalue weighted by Gasteiger charge is -2.09. The molecule has 0 aliphatic carbocycles. The zero-order chi connectivity index (χ0) is 13.1. The number of nitrogens with one attached hydrogen (secondary N) is 1. The summed E-state index contributed by atoms with van der Waals surface area (Å²) in [5, 5.41) is 10.9. The fraction of sp³-hybridized carbons (Fsp3) is 0.300. The molecule has 0 aromatic heterocycles. The van der Waals surface area contributed by atoms with Gasteiger partial charge in [-0.05, 0) is 18.6 Å². The van der Waals surface area contributed by atoms with Crippen LogP contribution in [0.2, 0.25) is 5.02 Å². The number of rotatable bonds is 5. The van der Waals surface area contributed by atoms with Gasteiger partial charge in [0.1, 0.15) is 5.88 Å². The largest absolute Gasteiger partial charge is 0.480 e. The van der Waals surface area contributed by atoms with Crippen molar-refractivity contribution >= 4 is 27.4 Å². The molecule has 17 heavy (non-hydrogen) atoms. The van der Waals surface area contributed by atoms with Crippen molar-refractivity contribution in [1.82, 2.24) is 5.32 Å².